The van der Waals surface area contributed by atoms with Gasteiger partial charge in [0.15, 0.2) is 0 Å². The van der Waals surface area contributed by atoms with E-state index < -0.39 is 17.3 Å². The quantitative estimate of drug-likeness (QED) is 0.578. The number of para-hydroxylation sites is 1. The van der Waals surface area contributed by atoms with Crippen LogP contribution in [0.1, 0.15) is 23.0 Å². The summed E-state index contributed by atoms with van der Waals surface area (Å²) < 4.78 is 13.5. The molecule has 2 aromatic heterocycles. The first-order valence-electron chi connectivity index (χ1n) is 8.58. The summed E-state index contributed by atoms with van der Waals surface area (Å²) in [4.78, 5) is 32.0. The summed E-state index contributed by atoms with van der Waals surface area (Å²) in [6, 6.07) is 14.5. The van der Waals surface area contributed by atoms with Crippen molar-refractivity contribution in [3.05, 3.63) is 82.0 Å². The van der Waals surface area contributed by atoms with E-state index in [0.717, 1.165) is 23.0 Å². The van der Waals surface area contributed by atoms with E-state index >= 15 is 0 Å². The normalized spacial score (nSPS) is 11.0. The van der Waals surface area contributed by atoms with Crippen LogP contribution in [0, 0.1) is 5.82 Å². The largest absolute Gasteiger partial charge is 0.322 e. The highest BCUT2D eigenvalue weighted by atomic mass is 19.1. The third kappa shape index (κ3) is 3.17. The molecule has 0 aliphatic heterocycles. The van der Waals surface area contributed by atoms with Crippen LogP contribution in [0.25, 0.3) is 21.8 Å². The van der Waals surface area contributed by atoms with E-state index in [0.29, 0.717) is 11.1 Å². The number of nitrogens with one attached hydrogen (secondary N) is 2. The van der Waals surface area contributed by atoms with Crippen LogP contribution in [-0.4, -0.2) is 15.9 Å². The molecule has 27 heavy (non-hydrogen) atoms. The van der Waals surface area contributed by atoms with Crippen molar-refractivity contribution in [3.8, 4) is 0 Å². The molecule has 4 rings (SSSR count). The molecular formula is C21H16FN3O2. The number of rotatable bonds is 3. The second-order valence-corrected chi connectivity index (χ2v) is 6.22. The topological polar surface area (TPSA) is 74.8 Å². The van der Waals surface area contributed by atoms with Crippen molar-refractivity contribution in [2.75, 3.05) is 5.32 Å². The van der Waals surface area contributed by atoms with Gasteiger partial charge in [-0.25, -0.2) is 4.39 Å². The number of pyridine rings is 2. The lowest BCUT2D eigenvalue weighted by Crippen LogP contribution is -2.17. The number of aromatic amines is 1. The Labute approximate surface area is 153 Å². The van der Waals surface area contributed by atoms with Crippen molar-refractivity contribution in [3.63, 3.8) is 0 Å². The van der Waals surface area contributed by atoms with Crippen LogP contribution in [0.15, 0.2) is 59.4 Å². The Morgan fingerprint density at radius 3 is 2.74 bits per heavy atom. The summed E-state index contributed by atoms with van der Waals surface area (Å²) in [6.07, 6.45) is 0.723. The van der Waals surface area contributed by atoms with Gasteiger partial charge in [-0.2, -0.15) is 0 Å². The zero-order valence-corrected chi connectivity index (χ0v) is 14.5. The van der Waals surface area contributed by atoms with Crippen LogP contribution in [-0.2, 0) is 6.42 Å². The van der Waals surface area contributed by atoms with Crippen molar-refractivity contribution in [1.29, 1.82) is 0 Å². The molecule has 6 heteroatoms. The second-order valence-electron chi connectivity index (χ2n) is 6.22. The molecule has 0 bridgehead atoms. The molecule has 0 unspecified atom stereocenters. The predicted molar refractivity (Wildman–Crippen MR) is 104 cm³/mol. The van der Waals surface area contributed by atoms with Gasteiger partial charge in [0.1, 0.15) is 5.82 Å². The minimum absolute atomic E-state index is 0.188. The molecular weight excluding hydrogens is 345 g/mol. The zero-order chi connectivity index (χ0) is 19.0. The van der Waals surface area contributed by atoms with Gasteiger partial charge in [-0.05, 0) is 36.8 Å². The lowest BCUT2D eigenvalue weighted by Gasteiger charge is -2.12. The van der Waals surface area contributed by atoms with Gasteiger partial charge in [0.2, 0.25) is 5.56 Å². The summed E-state index contributed by atoms with van der Waals surface area (Å²) in [7, 11) is 0. The van der Waals surface area contributed by atoms with E-state index in [2.05, 4.69) is 15.3 Å². The van der Waals surface area contributed by atoms with E-state index in [-0.39, 0.29) is 11.1 Å². The van der Waals surface area contributed by atoms with Crippen molar-refractivity contribution in [1.82, 2.24) is 9.97 Å². The van der Waals surface area contributed by atoms with Crippen LogP contribution in [0.2, 0.25) is 0 Å². The van der Waals surface area contributed by atoms with Gasteiger partial charge >= 0.3 is 0 Å². The molecule has 134 valence electrons. The summed E-state index contributed by atoms with van der Waals surface area (Å²) >= 11 is 0. The maximum absolute atomic E-state index is 13.5. The van der Waals surface area contributed by atoms with Crippen LogP contribution in [0.3, 0.4) is 0 Å². The van der Waals surface area contributed by atoms with Gasteiger partial charge in [0.05, 0.1) is 22.3 Å². The molecule has 0 spiro atoms. The number of amides is 1. The molecule has 0 aliphatic rings. The average molecular weight is 361 g/mol. The number of anilines is 1. The Balaban J connectivity index is 1.83. The number of hydrogen-bond acceptors (Lipinski definition) is 3. The smallest absolute Gasteiger partial charge is 0.256 e. The lowest BCUT2D eigenvalue weighted by molar-refractivity contribution is 0.102. The molecule has 0 aliphatic carbocycles. The van der Waals surface area contributed by atoms with Gasteiger partial charge in [-0.3, -0.25) is 14.6 Å². The third-order valence-electron chi connectivity index (χ3n) is 4.43. The highest BCUT2D eigenvalue weighted by Crippen LogP contribution is 2.25. The van der Waals surface area contributed by atoms with Crippen molar-refractivity contribution in [2.45, 2.75) is 13.3 Å². The monoisotopic (exact) mass is 361 g/mol. The maximum Gasteiger partial charge on any atom is 0.256 e. The predicted octanol–water partition coefficient (Wildman–Crippen LogP) is 4.03. The summed E-state index contributed by atoms with van der Waals surface area (Å²) in [6.45, 7) is 1.99. The first-order chi connectivity index (χ1) is 13.0. The molecule has 2 N–H and O–H groups in total. The summed E-state index contributed by atoms with van der Waals surface area (Å²) in [5.41, 5.74) is 2.26. The Morgan fingerprint density at radius 1 is 1.11 bits per heavy atom. The van der Waals surface area contributed by atoms with E-state index in [1.165, 1.54) is 24.3 Å². The van der Waals surface area contributed by atoms with Crippen LogP contribution < -0.4 is 10.9 Å². The standard InChI is InChI=1S/C21H16FN3O2/c1-2-13-10-19(15-5-3-4-6-17(15)23-13)25-21(27)16-11-20(26)24-18-9-12(22)7-8-14(16)18/h3-11H,2H2,1H3,(H,24,26)(H,23,25,27). The number of benzene rings is 2. The van der Waals surface area contributed by atoms with Crippen molar-refractivity contribution in [2.24, 2.45) is 0 Å². The molecule has 0 radical (unpaired) electrons. The highest BCUT2D eigenvalue weighted by Gasteiger charge is 2.15. The van der Waals surface area contributed by atoms with Gasteiger partial charge in [-0.15, -0.1) is 0 Å². The number of fused-ring (bicyclic) bond motifs is 2. The number of halogens is 1. The van der Waals surface area contributed by atoms with E-state index in [1.807, 2.05) is 37.3 Å². The fraction of sp³-hybridized carbons (Fsp3) is 0.0952. The second kappa shape index (κ2) is 6.64. The molecule has 0 fully saturated rings. The first kappa shape index (κ1) is 16.9. The Bertz CT molecular complexity index is 1250. The van der Waals surface area contributed by atoms with Gasteiger partial charge < -0.3 is 10.3 Å². The Kier molecular flexibility index (Phi) is 4.16. The Hall–Kier alpha value is -3.54. The lowest BCUT2D eigenvalue weighted by atomic mass is 10.1. The van der Waals surface area contributed by atoms with Crippen LogP contribution in [0.4, 0.5) is 10.1 Å². The number of carbonyl (C=O) groups is 1. The minimum Gasteiger partial charge on any atom is -0.322 e. The fourth-order valence-electron chi connectivity index (χ4n) is 3.12. The minimum atomic E-state index is -0.483. The number of aryl methyl sites for hydroxylation is 1. The molecule has 2 aromatic carbocycles. The highest BCUT2D eigenvalue weighted by molar-refractivity contribution is 6.14. The van der Waals surface area contributed by atoms with Crippen molar-refractivity contribution < 1.29 is 9.18 Å². The maximum atomic E-state index is 13.5. The average Bonchev–Trinajstić information content (AvgIpc) is 2.66. The third-order valence-corrected chi connectivity index (χ3v) is 4.43. The number of aromatic nitrogens is 2. The number of H-pyrrole nitrogens is 1. The molecule has 1 amide bonds. The molecule has 0 saturated heterocycles. The fourth-order valence-corrected chi connectivity index (χ4v) is 3.12. The molecule has 5 nitrogen and oxygen atoms in total. The van der Waals surface area contributed by atoms with Crippen molar-refractivity contribution >= 4 is 33.4 Å². The molecule has 0 atom stereocenters. The summed E-state index contributed by atoms with van der Waals surface area (Å²) in [5, 5.41) is 4.17. The van der Waals surface area contributed by atoms with Crippen LogP contribution in [0.5, 0.6) is 0 Å². The van der Waals surface area contributed by atoms with E-state index in [1.54, 1.807) is 0 Å². The Morgan fingerprint density at radius 2 is 1.93 bits per heavy atom. The van der Waals surface area contributed by atoms with E-state index in [9.17, 15) is 14.0 Å². The SMILES string of the molecule is CCc1cc(NC(=O)c2cc(=O)[nH]c3cc(F)ccc23)c2ccccc2n1. The molecule has 4 aromatic rings. The van der Waals surface area contributed by atoms with Gasteiger partial charge in [0.25, 0.3) is 5.91 Å². The summed E-state index contributed by atoms with van der Waals surface area (Å²) in [5.74, 6) is -0.917. The number of carbonyl (C=O) groups excluding carboxylic acids is 1. The molecule has 2 heterocycles. The van der Waals surface area contributed by atoms with Gasteiger partial charge in [0, 0.05) is 22.5 Å². The number of nitrogens with zero attached hydrogens (tertiary/aromatic N) is 1. The van der Waals surface area contributed by atoms with Crippen LogP contribution >= 0.6 is 0 Å². The van der Waals surface area contributed by atoms with Gasteiger partial charge in [-0.1, -0.05) is 25.1 Å². The first-order valence-corrected chi connectivity index (χ1v) is 8.58. The molecule has 0 saturated carbocycles. The zero-order valence-electron chi connectivity index (χ0n) is 14.5. The number of hydrogen-bond donors (Lipinski definition) is 2. The van der Waals surface area contributed by atoms with E-state index in [4.69, 9.17) is 0 Å².